The molecule has 2 N–H and O–H groups in total. The molecule has 1 atom stereocenters. The smallest absolute Gasteiger partial charge is 0.0450 e. The molecule has 1 heterocycles. The molecule has 0 spiro atoms. The predicted octanol–water partition coefficient (Wildman–Crippen LogP) is 1.96. The van der Waals surface area contributed by atoms with Gasteiger partial charge in [-0.15, -0.1) is 0 Å². The van der Waals surface area contributed by atoms with E-state index in [2.05, 4.69) is 17.2 Å². The molecular weight excluding hydrogens is 176 g/mol. The molecule has 0 bridgehead atoms. The average molecular weight is 194 g/mol. The molecule has 1 rings (SSSR count). The lowest BCUT2D eigenvalue weighted by atomic mass is 10.1. The number of nitrogens with zero attached hydrogens (tertiary/aromatic N) is 1. The van der Waals surface area contributed by atoms with Crippen LogP contribution in [-0.2, 0) is 0 Å². The van der Waals surface area contributed by atoms with Crippen LogP contribution in [0.1, 0.15) is 25.5 Å². The number of aromatic nitrogens is 1. The van der Waals surface area contributed by atoms with Gasteiger partial charge in [0, 0.05) is 30.2 Å². The van der Waals surface area contributed by atoms with E-state index in [4.69, 9.17) is 5.11 Å². The number of hydrogen-bond donors (Lipinski definition) is 2. The maximum atomic E-state index is 8.85. The molecule has 78 valence electrons. The van der Waals surface area contributed by atoms with Crippen molar-refractivity contribution in [2.24, 2.45) is 0 Å². The lowest BCUT2D eigenvalue weighted by Gasteiger charge is -2.17. The van der Waals surface area contributed by atoms with E-state index in [-0.39, 0.29) is 6.61 Å². The van der Waals surface area contributed by atoms with Gasteiger partial charge < -0.3 is 10.4 Å². The molecule has 0 saturated heterocycles. The minimum Gasteiger partial charge on any atom is -0.396 e. The van der Waals surface area contributed by atoms with E-state index < -0.39 is 0 Å². The molecule has 14 heavy (non-hydrogen) atoms. The molecule has 1 aromatic rings. The van der Waals surface area contributed by atoms with Crippen LogP contribution in [0.15, 0.2) is 18.3 Å². The molecule has 3 nitrogen and oxygen atoms in total. The van der Waals surface area contributed by atoms with Crippen LogP contribution in [0.4, 0.5) is 5.69 Å². The zero-order valence-corrected chi connectivity index (χ0v) is 8.83. The Morgan fingerprint density at radius 3 is 2.93 bits per heavy atom. The van der Waals surface area contributed by atoms with Crippen molar-refractivity contribution in [2.45, 2.75) is 32.7 Å². The van der Waals surface area contributed by atoms with E-state index in [1.807, 2.05) is 19.1 Å². The molecule has 0 saturated carbocycles. The van der Waals surface area contributed by atoms with Crippen LogP contribution in [0.25, 0.3) is 0 Å². The van der Waals surface area contributed by atoms with Crippen molar-refractivity contribution in [3.63, 3.8) is 0 Å². The topological polar surface area (TPSA) is 45.1 Å². The summed E-state index contributed by atoms with van der Waals surface area (Å²) in [5.41, 5.74) is 2.09. The second kappa shape index (κ2) is 5.60. The van der Waals surface area contributed by atoms with Gasteiger partial charge in [-0.05, 0) is 31.9 Å². The summed E-state index contributed by atoms with van der Waals surface area (Å²) in [6, 6.07) is 4.31. The Hall–Kier alpha value is -1.09. The van der Waals surface area contributed by atoms with E-state index in [0.29, 0.717) is 6.04 Å². The van der Waals surface area contributed by atoms with Crippen molar-refractivity contribution in [1.82, 2.24) is 4.98 Å². The van der Waals surface area contributed by atoms with Gasteiger partial charge in [0.2, 0.25) is 0 Å². The summed E-state index contributed by atoms with van der Waals surface area (Å²) >= 11 is 0. The lowest BCUT2D eigenvalue weighted by molar-refractivity contribution is 0.278. The van der Waals surface area contributed by atoms with Gasteiger partial charge in [-0.1, -0.05) is 6.92 Å². The van der Waals surface area contributed by atoms with E-state index in [1.165, 1.54) is 0 Å². The zero-order chi connectivity index (χ0) is 10.4. The van der Waals surface area contributed by atoms with E-state index >= 15 is 0 Å². The molecule has 1 unspecified atom stereocenters. The van der Waals surface area contributed by atoms with E-state index in [9.17, 15) is 0 Å². The summed E-state index contributed by atoms with van der Waals surface area (Å²) in [4.78, 5) is 4.13. The molecule has 0 aliphatic carbocycles. The first-order chi connectivity index (χ1) is 6.76. The summed E-state index contributed by atoms with van der Waals surface area (Å²) in [5, 5.41) is 12.2. The van der Waals surface area contributed by atoms with Crippen molar-refractivity contribution in [1.29, 1.82) is 0 Å². The van der Waals surface area contributed by atoms with Gasteiger partial charge in [0.25, 0.3) is 0 Å². The number of aliphatic hydroxyl groups excluding tert-OH is 1. The molecule has 0 radical (unpaired) electrons. The third-order valence-corrected chi connectivity index (χ3v) is 2.24. The Kier molecular flexibility index (Phi) is 4.40. The summed E-state index contributed by atoms with van der Waals surface area (Å²) in [6.07, 6.45) is 3.60. The second-order valence-corrected chi connectivity index (χ2v) is 3.45. The molecule has 0 fully saturated rings. The fraction of sp³-hybridized carbons (Fsp3) is 0.545. The van der Waals surface area contributed by atoms with Crippen LogP contribution in [0, 0.1) is 6.92 Å². The number of aryl methyl sites for hydroxylation is 1. The third-order valence-electron chi connectivity index (χ3n) is 2.24. The molecular formula is C11H18N2O. The quantitative estimate of drug-likeness (QED) is 0.753. The Balaban J connectivity index is 2.57. The Morgan fingerprint density at radius 1 is 1.57 bits per heavy atom. The Morgan fingerprint density at radius 2 is 2.36 bits per heavy atom. The Labute approximate surface area is 85.2 Å². The minimum atomic E-state index is 0.232. The third kappa shape index (κ3) is 3.34. The van der Waals surface area contributed by atoms with Crippen LogP contribution in [0.5, 0.6) is 0 Å². The summed E-state index contributed by atoms with van der Waals surface area (Å²) in [7, 11) is 0. The number of anilines is 1. The monoisotopic (exact) mass is 194 g/mol. The average Bonchev–Trinajstić information content (AvgIpc) is 2.17. The second-order valence-electron chi connectivity index (χ2n) is 3.45. The van der Waals surface area contributed by atoms with Crippen molar-refractivity contribution in [3.8, 4) is 0 Å². The van der Waals surface area contributed by atoms with Gasteiger partial charge in [-0.2, -0.15) is 0 Å². The number of hydrogen-bond acceptors (Lipinski definition) is 3. The largest absolute Gasteiger partial charge is 0.396 e. The first-order valence-electron chi connectivity index (χ1n) is 5.06. The van der Waals surface area contributed by atoms with Crippen LogP contribution < -0.4 is 5.32 Å². The van der Waals surface area contributed by atoms with Gasteiger partial charge >= 0.3 is 0 Å². The number of pyridine rings is 1. The Bertz CT molecular complexity index is 276. The van der Waals surface area contributed by atoms with Crippen molar-refractivity contribution < 1.29 is 5.11 Å². The highest BCUT2D eigenvalue weighted by Crippen LogP contribution is 2.11. The van der Waals surface area contributed by atoms with Crippen LogP contribution in [-0.4, -0.2) is 22.7 Å². The maximum Gasteiger partial charge on any atom is 0.0450 e. The van der Waals surface area contributed by atoms with Gasteiger partial charge in [0.1, 0.15) is 0 Å². The molecule has 0 amide bonds. The van der Waals surface area contributed by atoms with Gasteiger partial charge in [0.05, 0.1) is 0 Å². The first-order valence-corrected chi connectivity index (χ1v) is 5.06. The molecule has 1 aromatic heterocycles. The van der Waals surface area contributed by atoms with Crippen LogP contribution in [0.2, 0.25) is 0 Å². The summed E-state index contributed by atoms with van der Waals surface area (Å²) < 4.78 is 0. The molecule has 0 aromatic carbocycles. The highest BCUT2D eigenvalue weighted by molar-refractivity contribution is 5.43. The maximum absolute atomic E-state index is 8.85. The standard InChI is InChI=1S/C11H18N2O/c1-3-10(5-7-14)13-11-4-6-12-9(2)8-11/h4,6,8,10,14H,3,5,7H2,1-2H3,(H,12,13). The predicted molar refractivity (Wildman–Crippen MR) is 58.4 cm³/mol. The first kappa shape index (κ1) is 11.0. The van der Waals surface area contributed by atoms with Gasteiger partial charge in [-0.25, -0.2) is 0 Å². The SMILES string of the molecule is CCC(CCO)Nc1ccnc(C)c1. The lowest BCUT2D eigenvalue weighted by Crippen LogP contribution is -2.19. The number of rotatable bonds is 5. The van der Waals surface area contributed by atoms with Crippen LogP contribution in [0.3, 0.4) is 0 Å². The zero-order valence-electron chi connectivity index (χ0n) is 8.83. The molecule has 0 aliphatic rings. The van der Waals surface area contributed by atoms with Gasteiger partial charge in [-0.3, -0.25) is 4.98 Å². The number of aliphatic hydroxyl groups is 1. The van der Waals surface area contributed by atoms with Crippen molar-refractivity contribution in [3.05, 3.63) is 24.0 Å². The normalized spacial score (nSPS) is 12.5. The molecule has 0 aliphatic heterocycles. The van der Waals surface area contributed by atoms with E-state index in [0.717, 1.165) is 24.2 Å². The van der Waals surface area contributed by atoms with Crippen molar-refractivity contribution in [2.75, 3.05) is 11.9 Å². The minimum absolute atomic E-state index is 0.232. The highest BCUT2D eigenvalue weighted by Gasteiger charge is 2.04. The van der Waals surface area contributed by atoms with Crippen LogP contribution >= 0.6 is 0 Å². The fourth-order valence-corrected chi connectivity index (χ4v) is 1.41. The van der Waals surface area contributed by atoms with E-state index in [1.54, 1.807) is 6.20 Å². The fourth-order valence-electron chi connectivity index (χ4n) is 1.41. The summed E-state index contributed by atoms with van der Waals surface area (Å²) in [6.45, 7) is 4.31. The highest BCUT2D eigenvalue weighted by atomic mass is 16.3. The number of nitrogens with one attached hydrogen (secondary N) is 1. The molecule has 3 heteroatoms. The van der Waals surface area contributed by atoms with Crippen molar-refractivity contribution >= 4 is 5.69 Å². The summed E-state index contributed by atoms with van der Waals surface area (Å²) in [5.74, 6) is 0. The van der Waals surface area contributed by atoms with Gasteiger partial charge in [0.15, 0.2) is 0 Å².